The zero-order valence-electron chi connectivity index (χ0n) is 11.3. The van der Waals surface area contributed by atoms with E-state index in [9.17, 15) is 43.9 Å². The van der Waals surface area contributed by atoms with Crippen LogP contribution in [0.4, 0.5) is 43.9 Å². The van der Waals surface area contributed by atoms with E-state index >= 15 is 0 Å². The van der Waals surface area contributed by atoms with Crippen molar-refractivity contribution in [2.75, 3.05) is 0 Å². The van der Waals surface area contributed by atoms with Gasteiger partial charge in [0.25, 0.3) is 0 Å². The molecule has 0 bridgehead atoms. The van der Waals surface area contributed by atoms with Gasteiger partial charge >= 0.3 is 171 Å². The van der Waals surface area contributed by atoms with Gasteiger partial charge in [-0.2, -0.15) is 0 Å². The quantitative estimate of drug-likeness (QED) is 0.172. The molecule has 2 aromatic carbocycles. The molecule has 132 valence electrons. The summed E-state index contributed by atoms with van der Waals surface area (Å²) in [5, 5.41) is 0. The van der Waals surface area contributed by atoms with Gasteiger partial charge in [0.05, 0.1) is 0 Å². The topological polar surface area (TPSA) is 0 Å². The Bertz CT molecular complexity index is 534. The normalized spacial score (nSPS) is 10.0. The summed E-state index contributed by atoms with van der Waals surface area (Å²) in [6.45, 7) is 0. The van der Waals surface area contributed by atoms with Crippen molar-refractivity contribution < 1.29 is 71.6 Å². The van der Waals surface area contributed by atoms with Crippen LogP contribution >= 0.6 is 0 Å². The predicted octanol–water partition coefficient (Wildman–Crippen LogP) is 2.35. The van der Waals surface area contributed by atoms with Gasteiger partial charge in [0.1, 0.15) is 0 Å². The number of halogens is 10. The molecule has 0 fully saturated rings. The Kier molecular flexibility index (Phi) is 9.48. The van der Waals surface area contributed by atoms with E-state index in [1.54, 1.807) is 32.0 Å². The standard InChI is InChI=1S/2C6HF5Se.Hg/c2*7-1-2(8)4(10)6(12)5(11)3(1)9;/h2*12H;/q;;+2/p-2. The largest absolute Gasteiger partial charge is 2.00 e. The van der Waals surface area contributed by atoms with Gasteiger partial charge in [-0.15, -0.1) is 0 Å². The predicted molar refractivity (Wildman–Crippen MR) is 63.2 cm³/mol. The molecule has 0 atom stereocenters. The number of rotatable bonds is 0. The second kappa shape index (κ2) is 9.59. The van der Waals surface area contributed by atoms with Crippen LogP contribution in [-0.4, -0.2) is 32.0 Å². The van der Waals surface area contributed by atoms with Crippen LogP contribution < -0.4 is 8.92 Å². The summed E-state index contributed by atoms with van der Waals surface area (Å²) < 4.78 is 121. The van der Waals surface area contributed by atoms with Crippen molar-refractivity contribution in [2.24, 2.45) is 0 Å². The zero-order valence-corrected chi connectivity index (χ0v) is 20.2. The minimum Gasteiger partial charge on any atom is 2.00 e. The summed E-state index contributed by atoms with van der Waals surface area (Å²) in [4.78, 5) is 0. The van der Waals surface area contributed by atoms with Crippen LogP contribution in [0.1, 0.15) is 0 Å². The molecule has 0 amide bonds. The van der Waals surface area contributed by atoms with E-state index in [0.29, 0.717) is 0 Å². The van der Waals surface area contributed by atoms with Crippen molar-refractivity contribution in [3.63, 3.8) is 0 Å². The van der Waals surface area contributed by atoms with Crippen LogP contribution in [-0.2, 0) is 27.7 Å². The minimum absolute atomic E-state index is 0. The number of hydrogen-bond donors (Lipinski definition) is 0. The number of benzene rings is 2. The summed E-state index contributed by atoms with van der Waals surface area (Å²) in [6.07, 6.45) is 0. The van der Waals surface area contributed by atoms with Gasteiger partial charge in [-0.1, -0.05) is 0 Å². The Hall–Kier alpha value is -0.286. The summed E-state index contributed by atoms with van der Waals surface area (Å²) in [7, 11) is 0. The van der Waals surface area contributed by atoms with Crippen LogP contribution in [0.5, 0.6) is 0 Å². The maximum absolute atomic E-state index is 12.4. The molecule has 0 heterocycles. The third kappa shape index (κ3) is 4.91. The first kappa shape index (κ1) is 24.7. The average Bonchev–Trinajstić information content (AvgIpc) is 2.58. The molecule has 13 heteroatoms. The molecule has 0 unspecified atom stereocenters. The maximum atomic E-state index is 12.4. The fourth-order valence-electron chi connectivity index (χ4n) is 1.17. The van der Waals surface area contributed by atoms with E-state index in [-0.39, 0.29) is 27.7 Å². The Labute approximate surface area is 170 Å². The molecule has 0 N–H and O–H groups in total. The van der Waals surface area contributed by atoms with Crippen molar-refractivity contribution in [3.8, 4) is 0 Å². The second-order valence-electron chi connectivity index (χ2n) is 3.80. The molecule has 0 aliphatic carbocycles. The molecule has 2 aromatic rings. The smallest absolute Gasteiger partial charge is 2.00 e. The Morgan fingerprint density at radius 3 is 0.600 bits per heavy atom. The molecular weight excluding hydrogens is 693 g/mol. The van der Waals surface area contributed by atoms with Crippen LogP contribution in [0.15, 0.2) is 0 Å². The Morgan fingerprint density at radius 1 is 0.320 bits per heavy atom. The maximum Gasteiger partial charge on any atom is 2.00 e. The van der Waals surface area contributed by atoms with E-state index in [0.717, 1.165) is 0 Å². The fraction of sp³-hybridized carbons (Fsp3) is 0. The molecule has 0 aliphatic heterocycles. The van der Waals surface area contributed by atoms with Gasteiger partial charge in [-0.05, 0) is 0 Å². The first-order valence-corrected chi connectivity index (χ1v) is 7.01. The minimum atomic E-state index is -2.15. The van der Waals surface area contributed by atoms with E-state index in [1.165, 1.54) is 0 Å². The summed E-state index contributed by atoms with van der Waals surface area (Å²) in [5.74, 6) is -19.4. The molecule has 25 heavy (non-hydrogen) atoms. The van der Waals surface area contributed by atoms with Crippen LogP contribution in [0.3, 0.4) is 0 Å². The van der Waals surface area contributed by atoms with Crippen molar-refractivity contribution in [1.82, 2.24) is 0 Å². The van der Waals surface area contributed by atoms with E-state index in [1.807, 2.05) is 0 Å². The van der Waals surface area contributed by atoms with Gasteiger partial charge in [0.15, 0.2) is 0 Å². The van der Waals surface area contributed by atoms with Gasteiger partial charge in [-0.3, -0.25) is 0 Å². The van der Waals surface area contributed by atoms with E-state index in [4.69, 9.17) is 0 Å². The summed E-state index contributed by atoms with van der Waals surface area (Å²) >= 11 is 3.50. The Balaban J connectivity index is 0.000000443. The molecule has 0 saturated carbocycles. The van der Waals surface area contributed by atoms with Gasteiger partial charge in [0, 0.05) is 0 Å². The third-order valence-electron chi connectivity index (χ3n) is 2.34. The van der Waals surface area contributed by atoms with E-state index < -0.39 is 67.1 Å². The van der Waals surface area contributed by atoms with Crippen molar-refractivity contribution in [3.05, 3.63) is 58.2 Å². The molecule has 2 rings (SSSR count). The van der Waals surface area contributed by atoms with Crippen molar-refractivity contribution in [2.45, 2.75) is 0 Å². The monoisotopic (exact) mass is 696 g/mol. The fourth-order valence-corrected chi connectivity index (χ4v) is 1.92. The zero-order chi connectivity index (χ0) is 18.9. The first-order valence-electron chi connectivity index (χ1n) is 5.30. The summed E-state index contributed by atoms with van der Waals surface area (Å²) in [6, 6.07) is 0. The third-order valence-corrected chi connectivity index (χ3v) is 3.84. The van der Waals surface area contributed by atoms with Gasteiger partial charge in [0.2, 0.25) is 0 Å². The van der Waals surface area contributed by atoms with Crippen LogP contribution in [0.2, 0.25) is 0 Å². The Morgan fingerprint density at radius 2 is 0.440 bits per heavy atom. The van der Waals surface area contributed by atoms with Crippen molar-refractivity contribution in [1.29, 1.82) is 0 Å². The average molecular weight is 693 g/mol. The van der Waals surface area contributed by atoms with Gasteiger partial charge < -0.3 is 0 Å². The molecule has 0 nitrogen and oxygen atoms in total. The molecule has 0 aromatic heterocycles. The number of hydrogen-bond acceptors (Lipinski definition) is 0. The molecule has 0 spiro atoms. The van der Waals surface area contributed by atoms with E-state index in [2.05, 4.69) is 0 Å². The SMILES string of the molecule is Fc1c(F)c(F)c([Se-])c(F)c1F.Fc1c(F)c(F)c([Se-])c(F)c1F.[Hg+2]. The van der Waals surface area contributed by atoms with Crippen LogP contribution in [0.25, 0.3) is 0 Å². The molecule has 0 saturated heterocycles. The molecule has 0 aliphatic rings. The first-order chi connectivity index (χ1) is 10.9. The van der Waals surface area contributed by atoms with Crippen molar-refractivity contribution >= 4 is 40.9 Å². The summed E-state index contributed by atoms with van der Waals surface area (Å²) in [5.41, 5.74) is 0. The molecule has 0 radical (unpaired) electrons. The second-order valence-corrected chi connectivity index (χ2v) is 5.51. The molecular formula is C12F10HgSe2. The van der Waals surface area contributed by atoms with Gasteiger partial charge in [-0.25, -0.2) is 0 Å². The van der Waals surface area contributed by atoms with Crippen LogP contribution in [0, 0.1) is 58.2 Å².